The summed E-state index contributed by atoms with van der Waals surface area (Å²) in [7, 11) is 1.95. The van der Waals surface area contributed by atoms with Gasteiger partial charge in [0, 0.05) is 39.4 Å². The topological polar surface area (TPSA) is 63.0 Å². The number of hydrogen-bond acceptors (Lipinski definition) is 6. The molecule has 3 aromatic heterocycles. The van der Waals surface area contributed by atoms with Crippen LogP contribution in [0.4, 0.5) is 11.5 Å². The second kappa shape index (κ2) is 6.31. The van der Waals surface area contributed by atoms with Crippen LogP contribution in [0.5, 0.6) is 0 Å². The highest BCUT2D eigenvalue weighted by molar-refractivity contribution is 5.91. The minimum atomic E-state index is 0.931. The lowest BCUT2D eigenvalue weighted by atomic mass is 10.2. The van der Waals surface area contributed by atoms with Crippen LogP contribution in [0.25, 0.3) is 11.0 Å². The molecule has 25 heavy (non-hydrogen) atoms. The van der Waals surface area contributed by atoms with E-state index in [4.69, 9.17) is 0 Å². The van der Waals surface area contributed by atoms with E-state index >= 15 is 0 Å². The first-order chi connectivity index (χ1) is 12.1. The summed E-state index contributed by atoms with van der Waals surface area (Å²) in [4.78, 5) is 9.26. The van der Waals surface area contributed by atoms with Gasteiger partial charge in [-0.25, -0.2) is 4.98 Å². The highest BCUT2D eigenvalue weighted by atomic mass is 15.3. The molecule has 0 amide bonds. The third-order valence-corrected chi connectivity index (χ3v) is 4.82. The summed E-state index contributed by atoms with van der Waals surface area (Å²) < 4.78 is 1.86. The molecule has 1 aliphatic rings. The maximum atomic E-state index is 4.54. The molecule has 0 atom stereocenters. The molecule has 3 aromatic rings. The van der Waals surface area contributed by atoms with Gasteiger partial charge in [-0.1, -0.05) is 0 Å². The fourth-order valence-corrected chi connectivity index (χ4v) is 3.57. The first kappa shape index (κ1) is 15.8. The lowest BCUT2D eigenvalue weighted by Gasteiger charge is -2.24. The van der Waals surface area contributed by atoms with Gasteiger partial charge >= 0.3 is 0 Å². The number of aryl methyl sites for hydroxylation is 3. The van der Waals surface area contributed by atoms with Crippen LogP contribution in [0.3, 0.4) is 0 Å². The largest absolute Gasteiger partial charge is 0.369 e. The summed E-state index contributed by atoms with van der Waals surface area (Å²) in [6.07, 6.45) is 2.96. The number of rotatable bonds is 2. The zero-order chi connectivity index (χ0) is 17.4. The Labute approximate surface area is 147 Å². The fraction of sp³-hybridized carbons (Fsp3) is 0.444. The molecule has 0 aromatic carbocycles. The Morgan fingerprint density at radius 1 is 0.920 bits per heavy atom. The Morgan fingerprint density at radius 2 is 1.72 bits per heavy atom. The fourth-order valence-electron chi connectivity index (χ4n) is 3.57. The van der Waals surface area contributed by atoms with Crippen molar-refractivity contribution in [2.45, 2.75) is 20.3 Å². The minimum Gasteiger partial charge on any atom is -0.369 e. The van der Waals surface area contributed by atoms with Crippen LogP contribution in [-0.4, -0.2) is 51.1 Å². The van der Waals surface area contributed by atoms with Gasteiger partial charge in [-0.2, -0.15) is 10.2 Å². The Balaban J connectivity index is 1.60. The lowest BCUT2D eigenvalue weighted by Crippen LogP contribution is -2.31. The number of nitrogens with zero attached hydrogens (tertiary/aromatic N) is 7. The molecule has 0 N–H and O–H groups in total. The summed E-state index contributed by atoms with van der Waals surface area (Å²) in [6, 6.07) is 6.20. The number of hydrogen-bond donors (Lipinski definition) is 0. The van der Waals surface area contributed by atoms with E-state index in [2.05, 4.69) is 49.1 Å². The van der Waals surface area contributed by atoms with Gasteiger partial charge in [0.25, 0.3) is 0 Å². The average molecular weight is 337 g/mol. The van der Waals surface area contributed by atoms with Gasteiger partial charge in [-0.3, -0.25) is 4.68 Å². The first-order valence-corrected chi connectivity index (χ1v) is 8.72. The summed E-state index contributed by atoms with van der Waals surface area (Å²) >= 11 is 0. The zero-order valence-corrected chi connectivity index (χ0v) is 15.0. The summed E-state index contributed by atoms with van der Waals surface area (Å²) in [5, 5.41) is 14.2. The van der Waals surface area contributed by atoms with Crippen molar-refractivity contribution in [3.05, 3.63) is 35.8 Å². The number of pyridine rings is 1. The second-order valence-electron chi connectivity index (χ2n) is 6.60. The summed E-state index contributed by atoms with van der Waals surface area (Å²) in [5.74, 6) is 0.963. The van der Waals surface area contributed by atoms with Gasteiger partial charge in [0.15, 0.2) is 11.5 Å². The molecule has 7 heteroatoms. The Hall–Kier alpha value is -2.70. The highest BCUT2D eigenvalue weighted by Crippen LogP contribution is 2.29. The standard InChI is InChI=1S/C18H23N7/c1-13-5-6-16(21-20-13)25-10-4-9-24(11-12-25)15-7-8-19-18-17(15)14(2)22-23(18)3/h5-8H,4,9-12H2,1-3H3. The minimum absolute atomic E-state index is 0.931. The number of aromatic nitrogens is 5. The Kier molecular flexibility index (Phi) is 3.99. The first-order valence-electron chi connectivity index (χ1n) is 8.72. The molecule has 0 saturated carbocycles. The molecule has 1 fully saturated rings. The van der Waals surface area contributed by atoms with Crippen molar-refractivity contribution in [2.75, 3.05) is 36.0 Å². The van der Waals surface area contributed by atoms with Gasteiger partial charge in [0.05, 0.1) is 22.5 Å². The van der Waals surface area contributed by atoms with E-state index in [-0.39, 0.29) is 0 Å². The molecule has 0 bridgehead atoms. The molecule has 0 radical (unpaired) electrons. The van der Waals surface area contributed by atoms with E-state index in [0.29, 0.717) is 0 Å². The van der Waals surface area contributed by atoms with Crippen molar-refractivity contribution in [3.8, 4) is 0 Å². The molecule has 7 nitrogen and oxygen atoms in total. The molecule has 0 spiro atoms. The van der Waals surface area contributed by atoms with Gasteiger partial charge < -0.3 is 9.80 Å². The van der Waals surface area contributed by atoms with Gasteiger partial charge in [-0.15, -0.1) is 5.10 Å². The molecule has 130 valence electrons. The van der Waals surface area contributed by atoms with Crippen LogP contribution in [0.15, 0.2) is 24.4 Å². The van der Waals surface area contributed by atoms with Crippen molar-refractivity contribution in [1.82, 2.24) is 25.0 Å². The van der Waals surface area contributed by atoms with Crippen molar-refractivity contribution in [1.29, 1.82) is 0 Å². The quantitative estimate of drug-likeness (QED) is 0.713. The van der Waals surface area contributed by atoms with Crippen LogP contribution < -0.4 is 9.80 Å². The molecule has 1 aliphatic heterocycles. The van der Waals surface area contributed by atoms with Crippen LogP contribution in [0, 0.1) is 13.8 Å². The van der Waals surface area contributed by atoms with Crippen molar-refractivity contribution in [2.24, 2.45) is 7.05 Å². The number of fused-ring (bicyclic) bond motifs is 1. The SMILES string of the molecule is Cc1ccc(N2CCCN(c3ccnc4c3c(C)nn4C)CC2)nn1. The Bertz CT molecular complexity index is 884. The van der Waals surface area contributed by atoms with E-state index in [9.17, 15) is 0 Å². The summed E-state index contributed by atoms with van der Waals surface area (Å²) in [6.45, 7) is 7.91. The van der Waals surface area contributed by atoms with Crippen LogP contribution in [0.2, 0.25) is 0 Å². The van der Waals surface area contributed by atoms with Crippen LogP contribution in [-0.2, 0) is 7.05 Å². The third-order valence-electron chi connectivity index (χ3n) is 4.82. The predicted octanol–water partition coefficient (Wildman–Crippen LogP) is 2.09. The normalized spacial score (nSPS) is 15.6. The van der Waals surface area contributed by atoms with Gasteiger partial charge in [-0.05, 0) is 38.5 Å². The van der Waals surface area contributed by atoms with E-state index in [1.54, 1.807) is 0 Å². The number of anilines is 2. The molecule has 0 aliphatic carbocycles. The maximum Gasteiger partial charge on any atom is 0.159 e. The van der Waals surface area contributed by atoms with Crippen LogP contribution in [0.1, 0.15) is 17.8 Å². The van der Waals surface area contributed by atoms with Gasteiger partial charge in [0.1, 0.15) is 0 Å². The maximum absolute atomic E-state index is 4.54. The average Bonchev–Trinajstić information content (AvgIpc) is 2.79. The molecule has 0 unspecified atom stereocenters. The lowest BCUT2D eigenvalue weighted by molar-refractivity contribution is 0.774. The second-order valence-corrected chi connectivity index (χ2v) is 6.60. The summed E-state index contributed by atoms with van der Waals surface area (Å²) in [5.41, 5.74) is 4.16. The van der Waals surface area contributed by atoms with E-state index in [0.717, 1.165) is 60.8 Å². The van der Waals surface area contributed by atoms with Crippen molar-refractivity contribution >= 4 is 22.5 Å². The molecular weight excluding hydrogens is 314 g/mol. The van der Waals surface area contributed by atoms with Crippen LogP contribution >= 0.6 is 0 Å². The van der Waals surface area contributed by atoms with Crippen molar-refractivity contribution < 1.29 is 0 Å². The molecular formula is C18H23N7. The van der Waals surface area contributed by atoms with E-state index < -0.39 is 0 Å². The molecule has 4 heterocycles. The predicted molar refractivity (Wildman–Crippen MR) is 99.1 cm³/mol. The smallest absolute Gasteiger partial charge is 0.159 e. The molecule has 4 rings (SSSR count). The van der Waals surface area contributed by atoms with Gasteiger partial charge in [0.2, 0.25) is 0 Å². The monoisotopic (exact) mass is 337 g/mol. The highest BCUT2D eigenvalue weighted by Gasteiger charge is 2.20. The molecule has 1 saturated heterocycles. The van der Waals surface area contributed by atoms with E-state index in [1.807, 2.05) is 30.9 Å². The Morgan fingerprint density at radius 3 is 2.52 bits per heavy atom. The van der Waals surface area contributed by atoms with E-state index in [1.165, 1.54) is 5.69 Å². The zero-order valence-electron chi connectivity index (χ0n) is 15.0. The third kappa shape index (κ3) is 2.90. The van der Waals surface area contributed by atoms with Crippen molar-refractivity contribution in [3.63, 3.8) is 0 Å².